The Morgan fingerprint density at radius 1 is 1.30 bits per heavy atom. The third-order valence-corrected chi connectivity index (χ3v) is 1.73. The van der Waals surface area contributed by atoms with Gasteiger partial charge in [-0.15, -0.1) is 0 Å². The highest BCUT2D eigenvalue weighted by molar-refractivity contribution is 6.19. The summed E-state index contributed by atoms with van der Waals surface area (Å²) in [4.78, 5) is 0. The van der Waals surface area contributed by atoms with E-state index in [9.17, 15) is 0 Å². The van der Waals surface area contributed by atoms with E-state index in [0.29, 0.717) is 0 Å². The van der Waals surface area contributed by atoms with Gasteiger partial charge in [-0.05, 0) is 19.8 Å². The second-order valence-corrected chi connectivity index (χ2v) is 2.85. The molecule has 0 N–H and O–H groups in total. The first kappa shape index (κ1) is 10.2. The normalized spacial score (nSPS) is 13.5. The van der Waals surface area contributed by atoms with Crippen LogP contribution in [0.15, 0.2) is 0 Å². The summed E-state index contributed by atoms with van der Waals surface area (Å²) >= 11 is 5.79. The molecule has 62 valence electrons. The van der Waals surface area contributed by atoms with Crippen LogP contribution < -0.4 is 0 Å². The first-order valence-electron chi connectivity index (χ1n) is 4.07. The van der Waals surface area contributed by atoms with Gasteiger partial charge < -0.3 is 4.74 Å². The number of hydrogen-bond donors (Lipinski definition) is 0. The third-order valence-electron chi connectivity index (χ3n) is 1.38. The van der Waals surface area contributed by atoms with Crippen LogP contribution in [0, 0.1) is 0 Å². The molecule has 0 aromatic rings. The lowest BCUT2D eigenvalue weighted by atomic mass is 10.2. The quantitative estimate of drug-likeness (QED) is 0.433. The van der Waals surface area contributed by atoms with Gasteiger partial charge in [0, 0.05) is 6.61 Å². The molecule has 2 heteroatoms. The van der Waals surface area contributed by atoms with Crippen LogP contribution >= 0.6 is 11.6 Å². The maximum absolute atomic E-state index is 5.79. The van der Waals surface area contributed by atoms with Gasteiger partial charge in [-0.25, -0.2) is 0 Å². The van der Waals surface area contributed by atoms with E-state index in [-0.39, 0.29) is 5.56 Å². The molecule has 1 atom stereocenters. The SMILES string of the molecule is CCCCCC(Cl)OCC. The lowest BCUT2D eigenvalue weighted by Gasteiger charge is -2.07. The molecular formula is C8H17ClO. The van der Waals surface area contributed by atoms with Gasteiger partial charge in [0.05, 0.1) is 0 Å². The molecule has 0 bridgehead atoms. The van der Waals surface area contributed by atoms with Crippen LogP contribution in [0.1, 0.15) is 39.5 Å². The summed E-state index contributed by atoms with van der Waals surface area (Å²) in [5.41, 5.74) is -0.0588. The molecule has 0 aliphatic rings. The Bertz CT molecular complexity index is 66.3. The second-order valence-electron chi connectivity index (χ2n) is 2.36. The Kier molecular flexibility index (Phi) is 7.54. The van der Waals surface area contributed by atoms with Crippen LogP contribution in [-0.2, 0) is 4.74 Å². The van der Waals surface area contributed by atoms with Crippen LogP contribution in [0.2, 0.25) is 0 Å². The molecule has 0 aliphatic heterocycles. The molecule has 0 fully saturated rings. The fourth-order valence-corrected chi connectivity index (χ4v) is 1.10. The van der Waals surface area contributed by atoms with Crippen molar-refractivity contribution in [2.75, 3.05) is 6.61 Å². The third kappa shape index (κ3) is 6.37. The summed E-state index contributed by atoms with van der Waals surface area (Å²) in [6.45, 7) is 4.87. The minimum atomic E-state index is -0.0588. The number of alkyl halides is 1. The van der Waals surface area contributed by atoms with Crippen LogP contribution in [0.25, 0.3) is 0 Å². The van der Waals surface area contributed by atoms with Gasteiger partial charge in [-0.3, -0.25) is 0 Å². The van der Waals surface area contributed by atoms with Crippen molar-refractivity contribution in [1.29, 1.82) is 0 Å². The van der Waals surface area contributed by atoms with Crippen LogP contribution in [0.3, 0.4) is 0 Å². The van der Waals surface area contributed by atoms with E-state index >= 15 is 0 Å². The van der Waals surface area contributed by atoms with Gasteiger partial charge in [-0.1, -0.05) is 31.4 Å². The molecular weight excluding hydrogens is 148 g/mol. The summed E-state index contributed by atoms with van der Waals surface area (Å²) in [5.74, 6) is 0. The smallest absolute Gasteiger partial charge is 0.131 e. The molecule has 1 unspecified atom stereocenters. The molecule has 0 saturated heterocycles. The number of unbranched alkanes of at least 4 members (excludes halogenated alkanes) is 2. The van der Waals surface area contributed by atoms with E-state index in [4.69, 9.17) is 16.3 Å². The minimum absolute atomic E-state index is 0.0588. The van der Waals surface area contributed by atoms with Gasteiger partial charge in [0.1, 0.15) is 5.56 Å². The first-order chi connectivity index (χ1) is 4.81. The molecule has 1 nitrogen and oxygen atoms in total. The van der Waals surface area contributed by atoms with Gasteiger partial charge in [0.25, 0.3) is 0 Å². The molecule has 0 heterocycles. The van der Waals surface area contributed by atoms with Crippen molar-refractivity contribution in [2.24, 2.45) is 0 Å². The predicted molar refractivity (Wildman–Crippen MR) is 45.4 cm³/mol. The largest absolute Gasteiger partial charge is 0.363 e. The highest BCUT2D eigenvalue weighted by atomic mass is 35.5. The molecule has 10 heavy (non-hydrogen) atoms. The molecule has 0 radical (unpaired) electrons. The highest BCUT2D eigenvalue weighted by Gasteiger charge is 2.00. The van der Waals surface area contributed by atoms with Gasteiger partial charge in [-0.2, -0.15) is 0 Å². The monoisotopic (exact) mass is 164 g/mol. The highest BCUT2D eigenvalue weighted by Crippen LogP contribution is 2.09. The standard InChI is InChI=1S/C8H17ClO/c1-3-5-6-7-8(9)10-4-2/h8H,3-7H2,1-2H3. The first-order valence-corrected chi connectivity index (χ1v) is 4.50. The lowest BCUT2D eigenvalue weighted by Crippen LogP contribution is -2.03. The summed E-state index contributed by atoms with van der Waals surface area (Å²) in [6.07, 6.45) is 4.68. The topological polar surface area (TPSA) is 9.23 Å². The van der Waals surface area contributed by atoms with Gasteiger partial charge in [0.2, 0.25) is 0 Å². The van der Waals surface area contributed by atoms with Crippen molar-refractivity contribution in [2.45, 2.75) is 45.1 Å². The summed E-state index contributed by atoms with van der Waals surface area (Å²) < 4.78 is 5.15. The van der Waals surface area contributed by atoms with Crippen molar-refractivity contribution >= 4 is 11.6 Å². The summed E-state index contributed by atoms with van der Waals surface area (Å²) in [5, 5.41) is 0. The van der Waals surface area contributed by atoms with E-state index in [2.05, 4.69) is 6.92 Å². The molecule has 0 rings (SSSR count). The molecule has 0 saturated carbocycles. The average Bonchev–Trinajstić information content (AvgIpc) is 1.89. The lowest BCUT2D eigenvalue weighted by molar-refractivity contribution is 0.112. The van der Waals surface area contributed by atoms with Crippen molar-refractivity contribution in [1.82, 2.24) is 0 Å². The van der Waals surface area contributed by atoms with Crippen LogP contribution in [-0.4, -0.2) is 12.2 Å². The molecule has 0 amide bonds. The number of hydrogen-bond acceptors (Lipinski definition) is 1. The zero-order valence-electron chi connectivity index (χ0n) is 6.90. The second kappa shape index (κ2) is 7.36. The van der Waals surface area contributed by atoms with E-state index in [1.54, 1.807) is 0 Å². The van der Waals surface area contributed by atoms with E-state index in [1.165, 1.54) is 19.3 Å². The van der Waals surface area contributed by atoms with E-state index in [1.807, 2.05) is 6.92 Å². The summed E-state index contributed by atoms with van der Waals surface area (Å²) in [7, 11) is 0. The van der Waals surface area contributed by atoms with Crippen molar-refractivity contribution < 1.29 is 4.74 Å². The van der Waals surface area contributed by atoms with E-state index < -0.39 is 0 Å². The van der Waals surface area contributed by atoms with Crippen molar-refractivity contribution in [3.8, 4) is 0 Å². The number of ether oxygens (including phenoxy) is 1. The van der Waals surface area contributed by atoms with Gasteiger partial charge in [0.15, 0.2) is 0 Å². The summed E-state index contributed by atoms with van der Waals surface area (Å²) in [6, 6.07) is 0. The Morgan fingerprint density at radius 3 is 2.50 bits per heavy atom. The zero-order chi connectivity index (χ0) is 7.82. The Balaban J connectivity index is 2.97. The number of rotatable bonds is 6. The molecule has 0 aromatic heterocycles. The van der Waals surface area contributed by atoms with Crippen molar-refractivity contribution in [3.05, 3.63) is 0 Å². The Hall–Kier alpha value is 0.250. The maximum atomic E-state index is 5.79. The predicted octanol–water partition coefficient (Wildman–Crippen LogP) is 3.17. The molecule has 0 spiro atoms. The van der Waals surface area contributed by atoms with Crippen LogP contribution in [0.4, 0.5) is 0 Å². The maximum Gasteiger partial charge on any atom is 0.131 e. The Labute approximate surface area is 68.7 Å². The van der Waals surface area contributed by atoms with Crippen LogP contribution in [0.5, 0.6) is 0 Å². The fraction of sp³-hybridized carbons (Fsp3) is 1.00. The van der Waals surface area contributed by atoms with Crippen molar-refractivity contribution in [3.63, 3.8) is 0 Å². The average molecular weight is 165 g/mol. The molecule has 0 aromatic carbocycles. The van der Waals surface area contributed by atoms with E-state index in [0.717, 1.165) is 13.0 Å². The number of halogens is 1. The minimum Gasteiger partial charge on any atom is -0.363 e. The fourth-order valence-electron chi connectivity index (χ4n) is 0.819. The Morgan fingerprint density at radius 2 is 2.00 bits per heavy atom. The molecule has 0 aliphatic carbocycles. The zero-order valence-corrected chi connectivity index (χ0v) is 7.66. The van der Waals surface area contributed by atoms with Gasteiger partial charge >= 0.3 is 0 Å².